The Bertz CT molecular complexity index is 576. The summed E-state index contributed by atoms with van der Waals surface area (Å²) in [6, 6.07) is 13.4. The molecule has 2 nitrogen and oxygen atoms in total. The molecule has 19 heavy (non-hydrogen) atoms. The smallest absolute Gasteiger partial charge is 0.311 e. The molecule has 0 aliphatic carbocycles. The van der Waals surface area contributed by atoms with Crippen molar-refractivity contribution in [2.75, 3.05) is 0 Å². The van der Waals surface area contributed by atoms with Gasteiger partial charge in [0.25, 0.3) is 0 Å². The number of carbonyl (C=O) groups is 1. The molecule has 0 fully saturated rings. The molecule has 2 rings (SSSR count). The molecule has 2 aromatic carbocycles. The standard InChI is InChI=1S/C16H15FO2/c1-11-3-2-4-13(9-11)15(16(18)19)10-12-5-7-14(17)8-6-12/h2-9,15H,10H2,1H3,(H,18,19). The SMILES string of the molecule is Cc1cccc(C(Cc2ccc(F)cc2)C(=O)O)c1. The number of halogens is 1. The summed E-state index contributed by atoms with van der Waals surface area (Å²) in [7, 11) is 0. The van der Waals surface area contributed by atoms with Crippen LogP contribution in [0.1, 0.15) is 22.6 Å². The fourth-order valence-corrected chi connectivity index (χ4v) is 2.09. The second-order valence-corrected chi connectivity index (χ2v) is 4.64. The molecule has 1 N–H and O–H groups in total. The summed E-state index contributed by atoms with van der Waals surface area (Å²) in [5, 5.41) is 9.36. The number of aliphatic carboxylic acids is 1. The summed E-state index contributed by atoms with van der Waals surface area (Å²) in [6.45, 7) is 1.93. The number of hydrogen-bond acceptors (Lipinski definition) is 1. The topological polar surface area (TPSA) is 37.3 Å². The van der Waals surface area contributed by atoms with E-state index in [4.69, 9.17) is 0 Å². The molecule has 3 heteroatoms. The molecule has 98 valence electrons. The summed E-state index contributed by atoms with van der Waals surface area (Å²) in [5.41, 5.74) is 2.62. The Labute approximate surface area is 111 Å². The summed E-state index contributed by atoms with van der Waals surface area (Å²) >= 11 is 0. The van der Waals surface area contributed by atoms with Crippen molar-refractivity contribution in [1.82, 2.24) is 0 Å². The Morgan fingerprint density at radius 2 is 1.89 bits per heavy atom. The maximum absolute atomic E-state index is 12.8. The quantitative estimate of drug-likeness (QED) is 0.910. The molecule has 0 aliphatic rings. The van der Waals surface area contributed by atoms with E-state index in [0.717, 1.165) is 16.7 Å². The molecule has 0 radical (unpaired) electrons. The van der Waals surface area contributed by atoms with Crippen molar-refractivity contribution in [3.8, 4) is 0 Å². The summed E-state index contributed by atoms with van der Waals surface area (Å²) < 4.78 is 12.8. The van der Waals surface area contributed by atoms with E-state index >= 15 is 0 Å². The van der Waals surface area contributed by atoms with Gasteiger partial charge in [-0.1, -0.05) is 42.0 Å². The molecule has 0 amide bonds. The Morgan fingerprint density at radius 1 is 1.21 bits per heavy atom. The van der Waals surface area contributed by atoms with Gasteiger partial charge in [0.15, 0.2) is 0 Å². The molecular weight excluding hydrogens is 243 g/mol. The van der Waals surface area contributed by atoms with E-state index in [1.165, 1.54) is 12.1 Å². The lowest BCUT2D eigenvalue weighted by molar-refractivity contribution is -0.138. The van der Waals surface area contributed by atoms with E-state index in [9.17, 15) is 14.3 Å². The molecule has 0 saturated heterocycles. The van der Waals surface area contributed by atoms with Crippen LogP contribution in [-0.4, -0.2) is 11.1 Å². The van der Waals surface area contributed by atoms with Gasteiger partial charge in [-0.2, -0.15) is 0 Å². The first kappa shape index (κ1) is 13.3. The third-order valence-electron chi connectivity index (χ3n) is 3.10. The van der Waals surface area contributed by atoms with Gasteiger partial charge in [-0.25, -0.2) is 4.39 Å². The molecule has 0 aliphatic heterocycles. The zero-order chi connectivity index (χ0) is 13.8. The van der Waals surface area contributed by atoms with Gasteiger partial charge in [0.2, 0.25) is 0 Å². The normalized spacial score (nSPS) is 12.1. The molecule has 0 spiro atoms. The van der Waals surface area contributed by atoms with Crippen molar-refractivity contribution >= 4 is 5.97 Å². The van der Waals surface area contributed by atoms with Crippen LogP contribution in [0.15, 0.2) is 48.5 Å². The second kappa shape index (κ2) is 5.65. The molecule has 0 bridgehead atoms. The minimum atomic E-state index is -0.866. The van der Waals surface area contributed by atoms with Crippen LogP contribution in [0.4, 0.5) is 4.39 Å². The van der Waals surface area contributed by atoms with Crippen molar-refractivity contribution < 1.29 is 14.3 Å². The van der Waals surface area contributed by atoms with Crippen LogP contribution in [0.3, 0.4) is 0 Å². The molecular formula is C16H15FO2. The lowest BCUT2D eigenvalue weighted by Gasteiger charge is -2.13. The number of benzene rings is 2. The van der Waals surface area contributed by atoms with Gasteiger partial charge in [0.05, 0.1) is 5.92 Å². The Balaban J connectivity index is 2.26. The fourth-order valence-electron chi connectivity index (χ4n) is 2.09. The summed E-state index contributed by atoms with van der Waals surface area (Å²) in [6.07, 6.45) is 0.360. The second-order valence-electron chi connectivity index (χ2n) is 4.64. The lowest BCUT2D eigenvalue weighted by atomic mass is 9.91. The molecule has 0 saturated carbocycles. The monoisotopic (exact) mass is 258 g/mol. The van der Waals surface area contributed by atoms with Crippen LogP contribution in [-0.2, 0) is 11.2 Å². The minimum Gasteiger partial charge on any atom is -0.481 e. The molecule has 2 aromatic rings. The van der Waals surface area contributed by atoms with Gasteiger partial charge < -0.3 is 5.11 Å². The molecule has 0 heterocycles. The number of rotatable bonds is 4. The summed E-state index contributed by atoms with van der Waals surface area (Å²) in [5.74, 6) is -1.79. The third kappa shape index (κ3) is 3.41. The van der Waals surface area contributed by atoms with E-state index < -0.39 is 11.9 Å². The van der Waals surface area contributed by atoms with Crippen LogP contribution >= 0.6 is 0 Å². The van der Waals surface area contributed by atoms with Crippen molar-refractivity contribution in [3.63, 3.8) is 0 Å². The Hall–Kier alpha value is -2.16. The highest BCUT2D eigenvalue weighted by Gasteiger charge is 2.20. The maximum atomic E-state index is 12.8. The number of aryl methyl sites for hydroxylation is 1. The summed E-state index contributed by atoms with van der Waals surface area (Å²) in [4.78, 5) is 11.4. The van der Waals surface area contributed by atoms with E-state index in [1.54, 1.807) is 12.1 Å². The van der Waals surface area contributed by atoms with Crippen LogP contribution in [0.2, 0.25) is 0 Å². The zero-order valence-corrected chi connectivity index (χ0v) is 10.6. The van der Waals surface area contributed by atoms with Gasteiger partial charge >= 0.3 is 5.97 Å². The Kier molecular flexibility index (Phi) is 3.95. The van der Waals surface area contributed by atoms with Gasteiger partial charge in [-0.15, -0.1) is 0 Å². The van der Waals surface area contributed by atoms with E-state index in [-0.39, 0.29) is 5.82 Å². The highest BCUT2D eigenvalue weighted by molar-refractivity contribution is 5.76. The van der Waals surface area contributed by atoms with Gasteiger partial charge in [-0.05, 0) is 36.6 Å². The number of hydrogen-bond donors (Lipinski definition) is 1. The zero-order valence-electron chi connectivity index (χ0n) is 10.6. The van der Waals surface area contributed by atoms with Crippen molar-refractivity contribution in [2.45, 2.75) is 19.3 Å². The van der Waals surface area contributed by atoms with Gasteiger partial charge in [0.1, 0.15) is 5.82 Å². The predicted octanol–water partition coefficient (Wildman–Crippen LogP) is 3.55. The molecule has 1 unspecified atom stereocenters. The van der Waals surface area contributed by atoms with E-state index in [0.29, 0.717) is 6.42 Å². The van der Waals surface area contributed by atoms with Crippen LogP contribution in [0.5, 0.6) is 0 Å². The van der Waals surface area contributed by atoms with E-state index in [2.05, 4.69) is 0 Å². The largest absolute Gasteiger partial charge is 0.481 e. The molecule has 1 atom stereocenters. The van der Waals surface area contributed by atoms with Gasteiger partial charge in [-0.3, -0.25) is 4.79 Å². The van der Waals surface area contributed by atoms with Crippen LogP contribution in [0, 0.1) is 12.7 Å². The minimum absolute atomic E-state index is 0.314. The van der Waals surface area contributed by atoms with Crippen molar-refractivity contribution in [3.05, 3.63) is 71.0 Å². The van der Waals surface area contributed by atoms with Crippen molar-refractivity contribution in [1.29, 1.82) is 0 Å². The fraction of sp³-hybridized carbons (Fsp3) is 0.188. The van der Waals surface area contributed by atoms with Gasteiger partial charge in [0, 0.05) is 0 Å². The van der Waals surface area contributed by atoms with E-state index in [1.807, 2.05) is 31.2 Å². The first-order chi connectivity index (χ1) is 9.06. The van der Waals surface area contributed by atoms with Crippen LogP contribution < -0.4 is 0 Å². The Morgan fingerprint density at radius 3 is 2.47 bits per heavy atom. The van der Waals surface area contributed by atoms with Crippen molar-refractivity contribution in [2.24, 2.45) is 0 Å². The predicted molar refractivity (Wildman–Crippen MR) is 71.7 cm³/mol. The molecule has 0 aromatic heterocycles. The lowest BCUT2D eigenvalue weighted by Crippen LogP contribution is -2.14. The highest BCUT2D eigenvalue weighted by Crippen LogP contribution is 2.22. The first-order valence-electron chi connectivity index (χ1n) is 6.10. The van der Waals surface area contributed by atoms with Crippen LogP contribution in [0.25, 0.3) is 0 Å². The number of carboxylic acids is 1. The third-order valence-corrected chi connectivity index (χ3v) is 3.10. The average Bonchev–Trinajstić information content (AvgIpc) is 2.37. The maximum Gasteiger partial charge on any atom is 0.311 e. The average molecular weight is 258 g/mol. The number of carboxylic acid groups (broad SMARTS) is 1. The highest BCUT2D eigenvalue weighted by atomic mass is 19.1. The first-order valence-corrected chi connectivity index (χ1v) is 6.10.